The van der Waals surface area contributed by atoms with E-state index in [4.69, 9.17) is 11.8 Å². The van der Waals surface area contributed by atoms with Crippen LogP contribution in [0, 0.1) is 0 Å². The van der Waals surface area contributed by atoms with E-state index in [1.165, 1.54) is 67.7 Å². The zero-order valence-electron chi connectivity index (χ0n) is 15.0. The molecule has 1 nitrogen and oxygen atoms in total. The highest BCUT2D eigenvalue weighted by Gasteiger charge is 2.27. The maximum absolute atomic E-state index is 5.79. The Morgan fingerprint density at radius 3 is 2.50 bits per heavy atom. The Hall–Kier alpha value is -0.190. The quantitative estimate of drug-likeness (QED) is 0.386. The van der Waals surface area contributed by atoms with Crippen molar-refractivity contribution >= 4 is 76.8 Å². The van der Waals surface area contributed by atoms with Crippen LogP contribution in [0.2, 0.25) is 0 Å². The molecule has 0 fully saturated rings. The van der Waals surface area contributed by atoms with Crippen molar-refractivity contribution in [1.29, 1.82) is 0 Å². The molecule has 4 heterocycles. The van der Waals surface area contributed by atoms with Gasteiger partial charge in [-0.1, -0.05) is 11.8 Å². The molecule has 136 valence electrons. The zero-order valence-corrected chi connectivity index (χ0v) is 19.9. The van der Waals surface area contributed by atoms with Crippen LogP contribution < -0.4 is 9.52 Å². The SMILES string of the molecule is CP(C)(=S)c1sc(-c2cc3cc4c5c(c3s2)CCCN5CCC4)cc1Br. The Morgan fingerprint density at radius 1 is 1.04 bits per heavy atom. The van der Waals surface area contributed by atoms with Gasteiger partial charge in [0, 0.05) is 37.7 Å². The molecule has 0 atom stereocenters. The summed E-state index contributed by atoms with van der Waals surface area (Å²) in [7, 11) is 0. The van der Waals surface area contributed by atoms with Crippen LogP contribution in [-0.2, 0) is 24.6 Å². The fourth-order valence-corrected chi connectivity index (χ4v) is 11.1. The van der Waals surface area contributed by atoms with Gasteiger partial charge in [-0.25, -0.2) is 0 Å². The molecule has 0 radical (unpaired) electrons. The molecule has 0 saturated heterocycles. The van der Waals surface area contributed by atoms with Gasteiger partial charge in [-0.3, -0.25) is 0 Å². The number of thiophene rings is 2. The minimum absolute atomic E-state index is 1.20. The maximum Gasteiger partial charge on any atom is 0.0520 e. The smallest absolute Gasteiger partial charge is 0.0520 e. The van der Waals surface area contributed by atoms with E-state index in [0.717, 1.165) is 0 Å². The van der Waals surface area contributed by atoms with Crippen LogP contribution in [-0.4, -0.2) is 26.4 Å². The van der Waals surface area contributed by atoms with Crippen molar-refractivity contribution in [2.45, 2.75) is 25.7 Å². The van der Waals surface area contributed by atoms with Crippen LogP contribution in [0.5, 0.6) is 0 Å². The van der Waals surface area contributed by atoms with Gasteiger partial charge in [0.1, 0.15) is 0 Å². The number of hydrogen-bond donors (Lipinski definition) is 0. The third-order valence-corrected chi connectivity index (χ3v) is 12.7. The lowest BCUT2D eigenvalue weighted by Crippen LogP contribution is -2.34. The number of hydrogen-bond acceptors (Lipinski definition) is 4. The molecule has 0 spiro atoms. The summed E-state index contributed by atoms with van der Waals surface area (Å²) in [6.07, 6.45) is 5.07. The fourth-order valence-electron chi connectivity index (χ4n) is 4.33. The lowest BCUT2D eigenvalue weighted by molar-refractivity contribution is 0.637. The van der Waals surface area contributed by atoms with Gasteiger partial charge >= 0.3 is 0 Å². The van der Waals surface area contributed by atoms with Crippen molar-refractivity contribution in [3.63, 3.8) is 0 Å². The Bertz CT molecular complexity index is 1070. The minimum atomic E-state index is -1.42. The van der Waals surface area contributed by atoms with E-state index < -0.39 is 6.04 Å². The second-order valence-corrected chi connectivity index (χ2v) is 16.8. The molecule has 0 bridgehead atoms. The van der Waals surface area contributed by atoms with Gasteiger partial charge in [0.2, 0.25) is 0 Å². The number of benzene rings is 1. The lowest BCUT2D eigenvalue weighted by Gasteiger charge is -2.37. The summed E-state index contributed by atoms with van der Waals surface area (Å²) in [5.74, 6) is 0. The average molecular weight is 482 g/mol. The summed E-state index contributed by atoms with van der Waals surface area (Å²) in [5, 5.41) is 1.45. The summed E-state index contributed by atoms with van der Waals surface area (Å²) >= 11 is 13.4. The molecule has 0 N–H and O–H groups in total. The topological polar surface area (TPSA) is 3.24 Å². The first-order valence-corrected chi connectivity index (χ1v) is 15.2. The number of anilines is 1. The summed E-state index contributed by atoms with van der Waals surface area (Å²) in [6, 6.07) is 5.76. The second-order valence-electron chi connectivity index (χ2n) is 7.70. The number of halogens is 1. The first kappa shape index (κ1) is 17.9. The fraction of sp³-hybridized carbons (Fsp3) is 0.400. The Labute approximate surface area is 176 Å². The van der Waals surface area contributed by atoms with E-state index in [2.05, 4.69) is 52.4 Å². The van der Waals surface area contributed by atoms with E-state index >= 15 is 0 Å². The van der Waals surface area contributed by atoms with Gasteiger partial charge in [-0.2, -0.15) is 0 Å². The highest BCUT2D eigenvalue weighted by molar-refractivity contribution is 9.10. The number of aryl methyl sites for hydroxylation is 2. The zero-order chi connectivity index (χ0) is 18.1. The first-order valence-electron chi connectivity index (χ1n) is 9.10. The molecule has 1 aromatic carbocycles. The molecule has 5 rings (SSSR count). The van der Waals surface area contributed by atoms with Crippen molar-refractivity contribution < 1.29 is 0 Å². The van der Waals surface area contributed by atoms with E-state index in [0.29, 0.717) is 0 Å². The molecule has 0 aliphatic carbocycles. The lowest BCUT2D eigenvalue weighted by atomic mass is 9.91. The molecule has 2 aromatic heterocycles. The normalized spacial score (nSPS) is 17.0. The van der Waals surface area contributed by atoms with Gasteiger partial charge in [-0.15, -0.1) is 22.7 Å². The van der Waals surface area contributed by atoms with Crippen molar-refractivity contribution in [2.24, 2.45) is 0 Å². The number of fused-ring (bicyclic) bond motifs is 2. The summed E-state index contributed by atoms with van der Waals surface area (Å²) < 4.78 is 4.09. The Balaban J connectivity index is 1.69. The van der Waals surface area contributed by atoms with E-state index in [-0.39, 0.29) is 0 Å². The highest BCUT2D eigenvalue weighted by Crippen LogP contribution is 2.48. The molecule has 3 aromatic rings. The third kappa shape index (κ3) is 2.86. The molecular formula is C20H21BrNPS3. The van der Waals surface area contributed by atoms with E-state index in [1.807, 2.05) is 22.7 Å². The number of nitrogens with zero attached hydrogens (tertiary/aromatic N) is 1. The minimum Gasteiger partial charge on any atom is -0.371 e. The van der Waals surface area contributed by atoms with Gasteiger partial charge in [0.25, 0.3) is 0 Å². The molecule has 26 heavy (non-hydrogen) atoms. The molecule has 6 heteroatoms. The average Bonchev–Trinajstić information content (AvgIpc) is 3.18. The highest BCUT2D eigenvalue weighted by atomic mass is 79.9. The van der Waals surface area contributed by atoms with Crippen LogP contribution in [0.1, 0.15) is 24.0 Å². The van der Waals surface area contributed by atoms with Crippen LogP contribution in [0.3, 0.4) is 0 Å². The van der Waals surface area contributed by atoms with Crippen LogP contribution in [0.15, 0.2) is 22.7 Å². The largest absolute Gasteiger partial charge is 0.371 e. The molecule has 0 unspecified atom stereocenters. The van der Waals surface area contributed by atoms with E-state index in [9.17, 15) is 0 Å². The van der Waals surface area contributed by atoms with Crippen LogP contribution in [0.4, 0.5) is 5.69 Å². The van der Waals surface area contributed by atoms with Gasteiger partial charge < -0.3 is 4.90 Å². The molecule has 2 aliphatic heterocycles. The molecule has 0 saturated carbocycles. The standard InChI is InChI=1S/C20H21BrNPS3/c1-23(2,24)20-15(21)11-17(26-20)16-10-13-9-12-5-3-7-22-8-4-6-14(18(12)22)19(13)25-16/h9-11H,3-8H2,1-2H3. The monoisotopic (exact) mass is 481 g/mol. The van der Waals surface area contributed by atoms with Gasteiger partial charge in [-0.05, 0) is 95.7 Å². The summed E-state index contributed by atoms with van der Waals surface area (Å²) in [4.78, 5) is 5.40. The van der Waals surface area contributed by atoms with Crippen LogP contribution >= 0.6 is 44.6 Å². The molecule has 2 aliphatic rings. The molecule has 0 amide bonds. The van der Waals surface area contributed by atoms with Crippen LogP contribution in [0.25, 0.3) is 19.8 Å². The van der Waals surface area contributed by atoms with Crippen molar-refractivity contribution in [3.05, 3.63) is 33.8 Å². The predicted octanol–water partition coefficient (Wildman–Crippen LogP) is 6.46. The molecular weight excluding hydrogens is 461 g/mol. The second kappa shape index (κ2) is 6.42. The summed E-state index contributed by atoms with van der Waals surface area (Å²) in [5.41, 5.74) is 4.77. The van der Waals surface area contributed by atoms with E-state index in [1.54, 1.807) is 16.8 Å². The van der Waals surface area contributed by atoms with Gasteiger partial charge in [0.15, 0.2) is 0 Å². The van der Waals surface area contributed by atoms with Crippen molar-refractivity contribution in [2.75, 3.05) is 31.3 Å². The Kier molecular flexibility index (Phi) is 4.41. The Morgan fingerprint density at radius 2 is 1.77 bits per heavy atom. The first-order chi connectivity index (χ1) is 12.4. The predicted molar refractivity (Wildman–Crippen MR) is 127 cm³/mol. The van der Waals surface area contributed by atoms with Gasteiger partial charge in [0.05, 0.1) is 4.62 Å². The van der Waals surface area contributed by atoms with Crippen molar-refractivity contribution in [1.82, 2.24) is 0 Å². The third-order valence-electron chi connectivity index (χ3n) is 5.40. The maximum atomic E-state index is 5.79. The number of rotatable bonds is 2. The van der Waals surface area contributed by atoms with Crippen molar-refractivity contribution in [3.8, 4) is 9.75 Å². The summed E-state index contributed by atoms with van der Waals surface area (Å²) in [6.45, 7) is 6.92.